The minimum atomic E-state index is 0.483. The molecule has 0 aliphatic heterocycles. The highest BCUT2D eigenvalue weighted by atomic mass is 15.0. The zero-order valence-corrected chi connectivity index (χ0v) is 20.5. The molecule has 2 aromatic rings. The fourth-order valence-corrected chi connectivity index (χ4v) is 3.34. The standard InChI is InChI=1S/C28H38N4/c1-7-10-11-12-15-25(23(6)21(4)9-3)27-19-24(18-26(32-27)22(5)14-8-2)31-20-28-29-16-13-17-30-28/h10-19,21H,7-9,20H2,1-6H3,(H,31,32)/b11-10+,15-12-,22-14?,25-23-. The first kappa shape index (κ1) is 25.3. The molecule has 1 N–H and O–H groups in total. The van der Waals surface area contributed by atoms with Gasteiger partial charge in [-0.3, -0.25) is 0 Å². The molecule has 0 radical (unpaired) electrons. The van der Waals surface area contributed by atoms with Crippen LogP contribution in [0.5, 0.6) is 0 Å². The number of rotatable bonds is 11. The van der Waals surface area contributed by atoms with Crippen molar-refractivity contribution in [2.75, 3.05) is 5.32 Å². The van der Waals surface area contributed by atoms with Crippen LogP contribution in [-0.2, 0) is 6.54 Å². The van der Waals surface area contributed by atoms with Gasteiger partial charge < -0.3 is 5.32 Å². The van der Waals surface area contributed by atoms with E-state index in [4.69, 9.17) is 4.98 Å². The van der Waals surface area contributed by atoms with E-state index in [1.54, 1.807) is 12.4 Å². The highest BCUT2D eigenvalue weighted by Gasteiger charge is 2.13. The van der Waals surface area contributed by atoms with Crippen LogP contribution in [-0.4, -0.2) is 15.0 Å². The summed E-state index contributed by atoms with van der Waals surface area (Å²) >= 11 is 0. The Labute approximate surface area is 194 Å². The van der Waals surface area contributed by atoms with Crippen LogP contribution in [0.1, 0.15) is 78.0 Å². The summed E-state index contributed by atoms with van der Waals surface area (Å²) in [5.41, 5.74) is 6.73. The molecule has 0 amide bonds. The minimum absolute atomic E-state index is 0.483. The average Bonchev–Trinajstić information content (AvgIpc) is 2.82. The second-order valence-electron chi connectivity index (χ2n) is 8.04. The van der Waals surface area contributed by atoms with Gasteiger partial charge in [0.1, 0.15) is 5.82 Å². The number of anilines is 1. The van der Waals surface area contributed by atoms with E-state index in [-0.39, 0.29) is 0 Å². The molecule has 0 aromatic carbocycles. The van der Waals surface area contributed by atoms with Gasteiger partial charge >= 0.3 is 0 Å². The lowest BCUT2D eigenvalue weighted by Crippen LogP contribution is -2.06. The van der Waals surface area contributed by atoms with Crippen molar-refractivity contribution in [3.63, 3.8) is 0 Å². The molecule has 2 rings (SSSR count). The summed E-state index contributed by atoms with van der Waals surface area (Å²) in [5.74, 6) is 1.25. The number of aromatic nitrogens is 3. The molecule has 0 saturated carbocycles. The summed E-state index contributed by atoms with van der Waals surface area (Å²) in [7, 11) is 0. The van der Waals surface area contributed by atoms with Crippen LogP contribution in [0.3, 0.4) is 0 Å². The van der Waals surface area contributed by atoms with Gasteiger partial charge in [-0.25, -0.2) is 15.0 Å². The van der Waals surface area contributed by atoms with Crippen molar-refractivity contribution in [3.8, 4) is 0 Å². The zero-order chi connectivity index (χ0) is 23.3. The summed E-state index contributed by atoms with van der Waals surface area (Å²) in [4.78, 5) is 13.7. The van der Waals surface area contributed by atoms with Crippen molar-refractivity contribution in [1.82, 2.24) is 15.0 Å². The maximum absolute atomic E-state index is 5.07. The molecule has 0 spiro atoms. The molecular weight excluding hydrogens is 392 g/mol. The largest absolute Gasteiger partial charge is 0.378 e. The third-order valence-electron chi connectivity index (χ3n) is 5.61. The van der Waals surface area contributed by atoms with Crippen LogP contribution in [0.25, 0.3) is 11.1 Å². The molecule has 4 nitrogen and oxygen atoms in total. The summed E-state index contributed by atoms with van der Waals surface area (Å²) in [6.45, 7) is 13.7. The summed E-state index contributed by atoms with van der Waals surface area (Å²) in [6, 6.07) is 6.09. The van der Waals surface area contributed by atoms with Crippen molar-refractivity contribution in [2.45, 2.75) is 67.3 Å². The second kappa shape index (κ2) is 13.4. The van der Waals surface area contributed by atoms with Gasteiger partial charge in [0.15, 0.2) is 0 Å². The maximum atomic E-state index is 5.07. The van der Waals surface area contributed by atoms with Crippen LogP contribution in [0, 0.1) is 5.92 Å². The molecule has 0 bridgehead atoms. The lowest BCUT2D eigenvalue weighted by atomic mass is 9.92. The molecule has 1 unspecified atom stereocenters. The Morgan fingerprint density at radius 2 is 1.72 bits per heavy atom. The first-order valence-electron chi connectivity index (χ1n) is 11.7. The van der Waals surface area contributed by atoms with E-state index in [0.29, 0.717) is 12.5 Å². The van der Waals surface area contributed by atoms with Gasteiger partial charge in [0.05, 0.1) is 17.9 Å². The molecule has 0 saturated heterocycles. The average molecular weight is 431 g/mol. The van der Waals surface area contributed by atoms with E-state index < -0.39 is 0 Å². The molecular formula is C28H38N4. The molecule has 0 fully saturated rings. The highest BCUT2D eigenvalue weighted by Crippen LogP contribution is 2.29. The van der Waals surface area contributed by atoms with E-state index in [1.807, 2.05) is 6.07 Å². The summed E-state index contributed by atoms with van der Waals surface area (Å²) < 4.78 is 0. The molecule has 170 valence electrons. The molecule has 0 aliphatic carbocycles. The van der Waals surface area contributed by atoms with Gasteiger partial charge in [0.2, 0.25) is 0 Å². The van der Waals surface area contributed by atoms with E-state index in [1.165, 1.54) is 16.7 Å². The second-order valence-corrected chi connectivity index (χ2v) is 8.04. The topological polar surface area (TPSA) is 50.7 Å². The van der Waals surface area contributed by atoms with Crippen LogP contribution in [0.4, 0.5) is 5.69 Å². The van der Waals surface area contributed by atoms with E-state index in [2.05, 4.69) is 99.3 Å². The Morgan fingerprint density at radius 3 is 2.38 bits per heavy atom. The normalized spacial score (nSPS) is 14.1. The zero-order valence-electron chi connectivity index (χ0n) is 20.5. The quantitative estimate of drug-likeness (QED) is 0.372. The lowest BCUT2D eigenvalue weighted by Gasteiger charge is -2.17. The van der Waals surface area contributed by atoms with E-state index in [9.17, 15) is 0 Å². The first-order valence-corrected chi connectivity index (χ1v) is 11.7. The monoisotopic (exact) mass is 430 g/mol. The Bertz CT molecular complexity index is 968. The smallest absolute Gasteiger partial charge is 0.147 e. The number of nitrogens with one attached hydrogen (secondary N) is 1. The van der Waals surface area contributed by atoms with Gasteiger partial charge in [-0.2, -0.15) is 0 Å². The fourth-order valence-electron chi connectivity index (χ4n) is 3.34. The SMILES string of the molecule is CCC=C(C)c1cc(NCc2ncccn2)cc(C(/C=C\C=C\CC)=C(/C)C(C)CC)n1. The number of hydrogen-bond acceptors (Lipinski definition) is 4. The highest BCUT2D eigenvalue weighted by molar-refractivity contribution is 5.78. The van der Waals surface area contributed by atoms with Crippen LogP contribution in [0.2, 0.25) is 0 Å². The Hall–Kier alpha value is -3.01. The van der Waals surface area contributed by atoms with Gasteiger partial charge in [0, 0.05) is 18.1 Å². The van der Waals surface area contributed by atoms with E-state index >= 15 is 0 Å². The molecule has 0 aliphatic rings. The number of allylic oxidation sites excluding steroid dienone is 8. The molecule has 2 heterocycles. The molecule has 2 aromatic heterocycles. The van der Waals surface area contributed by atoms with Crippen molar-refractivity contribution < 1.29 is 0 Å². The van der Waals surface area contributed by atoms with Crippen molar-refractivity contribution in [3.05, 3.63) is 83.8 Å². The first-order chi connectivity index (χ1) is 15.5. The van der Waals surface area contributed by atoms with Gasteiger partial charge in [-0.05, 0) is 68.4 Å². The van der Waals surface area contributed by atoms with Crippen molar-refractivity contribution in [2.24, 2.45) is 5.92 Å². The summed E-state index contributed by atoms with van der Waals surface area (Å²) in [6.07, 6.45) is 17.5. The molecule has 1 atom stereocenters. The number of pyridine rings is 1. The third kappa shape index (κ3) is 7.60. The predicted octanol–water partition coefficient (Wildman–Crippen LogP) is 7.64. The fraction of sp³-hybridized carbons (Fsp3) is 0.393. The molecule has 4 heteroatoms. The lowest BCUT2D eigenvalue weighted by molar-refractivity contribution is 0.658. The maximum Gasteiger partial charge on any atom is 0.147 e. The predicted molar refractivity (Wildman–Crippen MR) is 138 cm³/mol. The van der Waals surface area contributed by atoms with Crippen molar-refractivity contribution in [1.29, 1.82) is 0 Å². The third-order valence-corrected chi connectivity index (χ3v) is 5.61. The summed E-state index contributed by atoms with van der Waals surface area (Å²) in [5, 5.41) is 3.50. The number of hydrogen-bond donors (Lipinski definition) is 1. The van der Waals surface area contributed by atoms with E-state index in [0.717, 1.165) is 42.2 Å². The van der Waals surface area contributed by atoms with Crippen LogP contribution < -0.4 is 5.32 Å². The Kier molecular flexibility index (Phi) is 10.6. The van der Waals surface area contributed by atoms with Crippen molar-refractivity contribution >= 4 is 16.8 Å². The minimum Gasteiger partial charge on any atom is -0.378 e. The van der Waals surface area contributed by atoms with Gasteiger partial charge in [0.25, 0.3) is 0 Å². The molecule has 32 heavy (non-hydrogen) atoms. The van der Waals surface area contributed by atoms with Crippen LogP contribution >= 0.6 is 0 Å². The Balaban J connectivity index is 2.54. The van der Waals surface area contributed by atoms with Crippen LogP contribution in [0.15, 0.2) is 66.5 Å². The van der Waals surface area contributed by atoms with Gasteiger partial charge in [-0.15, -0.1) is 0 Å². The number of nitrogens with zero attached hydrogens (tertiary/aromatic N) is 3. The van der Waals surface area contributed by atoms with Gasteiger partial charge in [-0.1, -0.05) is 63.6 Å². The Morgan fingerprint density at radius 1 is 1.00 bits per heavy atom.